The highest BCUT2D eigenvalue weighted by Crippen LogP contribution is 2.30. The second-order valence-electron chi connectivity index (χ2n) is 5.14. The van der Waals surface area contributed by atoms with Crippen molar-refractivity contribution in [3.8, 4) is 11.8 Å². The van der Waals surface area contributed by atoms with E-state index in [4.69, 9.17) is 9.47 Å². The van der Waals surface area contributed by atoms with Gasteiger partial charge in [-0.2, -0.15) is 9.97 Å². The second-order valence-corrected chi connectivity index (χ2v) is 7.19. The van der Waals surface area contributed by atoms with Crippen LogP contribution in [0.1, 0.15) is 20.8 Å². The Labute approximate surface area is 135 Å². The van der Waals surface area contributed by atoms with E-state index in [0.29, 0.717) is 0 Å². The Morgan fingerprint density at radius 2 is 1.65 bits per heavy atom. The fourth-order valence-corrected chi connectivity index (χ4v) is 3.21. The molecular formula is C13H21N3O6S. The summed E-state index contributed by atoms with van der Waals surface area (Å²) < 4.78 is 40.3. The first-order chi connectivity index (χ1) is 10.6. The third kappa shape index (κ3) is 3.63. The lowest BCUT2D eigenvalue weighted by Gasteiger charge is -2.30. The SMILES string of the molecule is COC(=O)C(C)(C(C)C)S(=O)(=O)Nc1nc(OC)cc(OC)n1. The number of sulfonamides is 1. The molecule has 0 aromatic carbocycles. The van der Waals surface area contributed by atoms with E-state index in [9.17, 15) is 13.2 Å². The normalized spacial score (nSPS) is 14.0. The molecule has 0 spiro atoms. The van der Waals surface area contributed by atoms with E-state index in [1.54, 1.807) is 13.8 Å². The maximum atomic E-state index is 12.7. The van der Waals surface area contributed by atoms with Crippen molar-refractivity contribution in [3.05, 3.63) is 6.07 Å². The first-order valence-electron chi connectivity index (χ1n) is 6.70. The molecule has 1 aromatic heterocycles. The minimum Gasteiger partial charge on any atom is -0.481 e. The van der Waals surface area contributed by atoms with Gasteiger partial charge in [0.05, 0.1) is 27.4 Å². The number of nitrogens with zero attached hydrogens (tertiary/aromatic N) is 2. The molecule has 0 saturated heterocycles. The van der Waals surface area contributed by atoms with Crippen molar-refractivity contribution in [3.63, 3.8) is 0 Å². The van der Waals surface area contributed by atoms with Crippen molar-refractivity contribution in [2.75, 3.05) is 26.1 Å². The van der Waals surface area contributed by atoms with Crippen molar-refractivity contribution in [2.24, 2.45) is 5.92 Å². The molecule has 0 amide bonds. The molecule has 1 N–H and O–H groups in total. The lowest BCUT2D eigenvalue weighted by atomic mass is 9.97. The van der Waals surface area contributed by atoms with Crippen LogP contribution in [0.5, 0.6) is 11.8 Å². The van der Waals surface area contributed by atoms with Crippen LogP contribution >= 0.6 is 0 Å². The molecule has 23 heavy (non-hydrogen) atoms. The van der Waals surface area contributed by atoms with E-state index in [1.807, 2.05) is 0 Å². The average molecular weight is 347 g/mol. The number of anilines is 1. The molecule has 0 aliphatic heterocycles. The van der Waals surface area contributed by atoms with Gasteiger partial charge in [-0.15, -0.1) is 0 Å². The van der Waals surface area contributed by atoms with E-state index in [0.717, 1.165) is 7.11 Å². The van der Waals surface area contributed by atoms with E-state index in [2.05, 4.69) is 19.4 Å². The van der Waals surface area contributed by atoms with Crippen molar-refractivity contribution >= 4 is 21.9 Å². The molecule has 1 aromatic rings. The highest BCUT2D eigenvalue weighted by atomic mass is 32.2. The molecule has 10 heteroatoms. The van der Waals surface area contributed by atoms with Crippen LogP contribution in [0, 0.1) is 5.92 Å². The summed E-state index contributed by atoms with van der Waals surface area (Å²) in [5.74, 6) is -1.48. The fourth-order valence-electron chi connectivity index (χ4n) is 1.74. The van der Waals surface area contributed by atoms with Crippen LogP contribution in [0.25, 0.3) is 0 Å². The van der Waals surface area contributed by atoms with Gasteiger partial charge in [0.2, 0.25) is 17.7 Å². The molecule has 0 saturated carbocycles. The number of carbonyl (C=O) groups is 1. The Balaban J connectivity index is 3.32. The highest BCUT2D eigenvalue weighted by Gasteiger charge is 2.50. The number of aromatic nitrogens is 2. The first-order valence-corrected chi connectivity index (χ1v) is 8.18. The number of esters is 1. The molecule has 1 rings (SSSR count). The summed E-state index contributed by atoms with van der Waals surface area (Å²) in [4.78, 5) is 19.8. The predicted molar refractivity (Wildman–Crippen MR) is 82.9 cm³/mol. The number of hydrogen-bond donors (Lipinski definition) is 1. The molecule has 0 fully saturated rings. The van der Waals surface area contributed by atoms with Gasteiger partial charge in [0.15, 0.2) is 4.75 Å². The quantitative estimate of drug-likeness (QED) is 0.721. The summed E-state index contributed by atoms with van der Waals surface area (Å²) in [6, 6.07) is 1.39. The van der Waals surface area contributed by atoms with Crippen LogP contribution in [0.15, 0.2) is 6.07 Å². The van der Waals surface area contributed by atoms with Crippen LogP contribution in [-0.2, 0) is 19.6 Å². The van der Waals surface area contributed by atoms with E-state index < -0.39 is 26.7 Å². The summed E-state index contributed by atoms with van der Waals surface area (Å²) in [6.45, 7) is 4.48. The smallest absolute Gasteiger partial charge is 0.329 e. The van der Waals surface area contributed by atoms with Gasteiger partial charge < -0.3 is 14.2 Å². The molecule has 0 bridgehead atoms. The first kappa shape index (κ1) is 18.9. The van der Waals surface area contributed by atoms with Crippen LogP contribution in [0.2, 0.25) is 0 Å². The van der Waals surface area contributed by atoms with Gasteiger partial charge >= 0.3 is 5.97 Å². The molecule has 130 valence electrons. The molecule has 1 heterocycles. The molecule has 0 aliphatic rings. The summed E-state index contributed by atoms with van der Waals surface area (Å²) in [5.41, 5.74) is 0. The number of carbonyl (C=O) groups excluding carboxylic acids is 1. The molecule has 0 aliphatic carbocycles. The van der Waals surface area contributed by atoms with Crippen molar-refractivity contribution in [1.82, 2.24) is 9.97 Å². The number of nitrogens with one attached hydrogen (secondary N) is 1. The minimum atomic E-state index is -4.20. The van der Waals surface area contributed by atoms with Gasteiger partial charge in [-0.05, 0) is 12.8 Å². The van der Waals surface area contributed by atoms with E-state index in [-0.39, 0.29) is 17.7 Å². The standard InChI is InChI=1S/C13H21N3O6S/c1-8(2)13(3,11(17)22-6)23(18,19)16-12-14-9(20-4)7-10(15-12)21-5/h7-8H,1-6H3,(H,14,15,16). The molecule has 0 radical (unpaired) electrons. The summed E-state index contributed by atoms with van der Waals surface area (Å²) in [5, 5.41) is 0. The number of hydrogen-bond acceptors (Lipinski definition) is 8. The van der Waals surface area contributed by atoms with Gasteiger partial charge in [-0.25, -0.2) is 8.42 Å². The summed E-state index contributed by atoms with van der Waals surface area (Å²) >= 11 is 0. The van der Waals surface area contributed by atoms with Gasteiger partial charge in [0, 0.05) is 0 Å². The zero-order valence-electron chi connectivity index (χ0n) is 13.9. The Hall–Kier alpha value is -2.10. The van der Waals surface area contributed by atoms with Crippen molar-refractivity contribution < 1.29 is 27.4 Å². The van der Waals surface area contributed by atoms with Crippen LogP contribution in [-0.4, -0.2) is 50.4 Å². The van der Waals surface area contributed by atoms with Crippen LogP contribution < -0.4 is 14.2 Å². The summed E-state index contributed by atoms with van der Waals surface area (Å²) in [7, 11) is -0.332. The third-order valence-electron chi connectivity index (χ3n) is 3.57. The maximum Gasteiger partial charge on any atom is 0.329 e. The van der Waals surface area contributed by atoms with Gasteiger partial charge in [-0.1, -0.05) is 13.8 Å². The molecule has 1 unspecified atom stereocenters. The van der Waals surface area contributed by atoms with Crippen LogP contribution in [0.3, 0.4) is 0 Å². The van der Waals surface area contributed by atoms with Gasteiger partial charge in [0.25, 0.3) is 10.0 Å². The predicted octanol–water partition coefficient (Wildman–Crippen LogP) is 0.823. The topological polar surface area (TPSA) is 117 Å². The monoisotopic (exact) mass is 347 g/mol. The Bertz CT molecular complexity index is 654. The van der Waals surface area contributed by atoms with E-state index >= 15 is 0 Å². The molecule has 9 nitrogen and oxygen atoms in total. The number of ether oxygens (including phenoxy) is 3. The number of methoxy groups -OCH3 is 3. The summed E-state index contributed by atoms with van der Waals surface area (Å²) in [6.07, 6.45) is 0. The Morgan fingerprint density at radius 3 is 2.00 bits per heavy atom. The number of rotatable bonds is 7. The van der Waals surface area contributed by atoms with Crippen molar-refractivity contribution in [1.29, 1.82) is 0 Å². The fraction of sp³-hybridized carbons (Fsp3) is 0.615. The lowest BCUT2D eigenvalue weighted by Crippen LogP contribution is -2.51. The van der Waals surface area contributed by atoms with E-state index in [1.165, 1.54) is 27.2 Å². The van der Waals surface area contributed by atoms with Gasteiger partial charge in [0.1, 0.15) is 0 Å². The zero-order chi connectivity index (χ0) is 17.8. The van der Waals surface area contributed by atoms with Gasteiger partial charge in [-0.3, -0.25) is 9.52 Å². The second kappa shape index (κ2) is 6.99. The third-order valence-corrected chi connectivity index (χ3v) is 5.78. The van der Waals surface area contributed by atoms with Crippen LogP contribution in [0.4, 0.5) is 5.95 Å². The minimum absolute atomic E-state index is 0.110. The lowest BCUT2D eigenvalue weighted by molar-refractivity contribution is -0.144. The Morgan fingerprint density at radius 1 is 1.17 bits per heavy atom. The molecular weight excluding hydrogens is 326 g/mol. The Kier molecular flexibility index (Phi) is 5.75. The highest BCUT2D eigenvalue weighted by molar-refractivity contribution is 7.94. The maximum absolute atomic E-state index is 12.7. The molecule has 1 atom stereocenters. The zero-order valence-corrected chi connectivity index (χ0v) is 14.7. The van der Waals surface area contributed by atoms with Crippen molar-refractivity contribution in [2.45, 2.75) is 25.5 Å². The largest absolute Gasteiger partial charge is 0.481 e. The average Bonchev–Trinajstić information content (AvgIpc) is 2.51.